The van der Waals surface area contributed by atoms with Crippen molar-refractivity contribution in [3.63, 3.8) is 0 Å². The van der Waals surface area contributed by atoms with Crippen molar-refractivity contribution in [2.45, 2.75) is 46.8 Å². The highest BCUT2D eigenvalue weighted by molar-refractivity contribution is 5.81. The van der Waals surface area contributed by atoms with Crippen molar-refractivity contribution in [1.29, 1.82) is 0 Å². The van der Waals surface area contributed by atoms with Crippen molar-refractivity contribution < 1.29 is 14.3 Å². The Bertz CT molecular complexity index is 710. The molecule has 0 radical (unpaired) electrons. The molecule has 0 spiro atoms. The Labute approximate surface area is 150 Å². The first-order valence-electron chi connectivity index (χ1n) is 8.59. The molecule has 134 valence electrons. The Kier molecular flexibility index (Phi) is 6.45. The lowest BCUT2D eigenvalue weighted by molar-refractivity contribution is -0.128. The van der Waals surface area contributed by atoms with Gasteiger partial charge in [-0.3, -0.25) is 4.79 Å². The highest BCUT2D eigenvalue weighted by atomic mass is 16.5. The summed E-state index contributed by atoms with van der Waals surface area (Å²) in [5.74, 6) is 1.35. The minimum absolute atomic E-state index is 0.111. The second kappa shape index (κ2) is 8.56. The summed E-state index contributed by atoms with van der Waals surface area (Å²) >= 11 is 0. The summed E-state index contributed by atoms with van der Waals surface area (Å²) in [6.45, 7) is 10.2. The highest BCUT2D eigenvalue weighted by Gasteiger charge is 2.17. The summed E-state index contributed by atoms with van der Waals surface area (Å²) in [6.07, 6.45) is -0.566. The molecule has 4 nitrogen and oxygen atoms in total. The molecule has 25 heavy (non-hydrogen) atoms. The van der Waals surface area contributed by atoms with Crippen LogP contribution in [0.5, 0.6) is 11.5 Å². The van der Waals surface area contributed by atoms with Crippen LogP contribution in [0.3, 0.4) is 0 Å². The lowest BCUT2D eigenvalue weighted by Gasteiger charge is -2.19. The number of aryl methyl sites for hydroxylation is 3. The average Bonchev–Trinajstić information content (AvgIpc) is 2.57. The number of ether oxygens (including phenoxy) is 2. The fourth-order valence-corrected chi connectivity index (χ4v) is 2.30. The van der Waals surface area contributed by atoms with Gasteiger partial charge >= 0.3 is 0 Å². The van der Waals surface area contributed by atoms with E-state index in [0.717, 1.165) is 11.3 Å². The maximum absolute atomic E-state index is 12.3. The molecule has 2 atom stereocenters. The summed E-state index contributed by atoms with van der Waals surface area (Å²) < 4.78 is 11.4. The fourth-order valence-electron chi connectivity index (χ4n) is 2.30. The van der Waals surface area contributed by atoms with E-state index in [9.17, 15) is 4.79 Å². The molecule has 0 saturated carbocycles. The van der Waals surface area contributed by atoms with Gasteiger partial charge in [0.15, 0.2) is 6.10 Å². The molecule has 0 unspecified atom stereocenters. The smallest absolute Gasteiger partial charge is 0.261 e. The van der Waals surface area contributed by atoms with Gasteiger partial charge in [-0.05, 0) is 70.0 Å². The van der Waals surface area contributed by atoms with Crippen molar-refractivity contribution in [3.05, 3.63) is 59.2 Å². The van der Waals surface area contributed by atoms with Crippen LogP contribution in [0.4, 0.5) is 0 Å². The molecule has 1 N–H and O–H groups in total. The third-order valence-corrected chi connectivity index (χ3v) is 4.07. The molecule has 2 rings (SSSR count). The molecule has 0 heterocycles. The number of rotatable bonds is 7. The Morgan fingerprint density at radius 1 is 0.960 bits per heavy atom. The van der Waals surface area contributed by atoms with Gasteiger partial charge in [0.1, 0.15) is 18.1 Å². The van der Waals surface area contributed by atoms with Crippen LogP contribution in [0.1, 0.15) is 30.5 Å². The minimum atomic E-state index is -0.566. The normalized spacial score (nSPS) is 13.0. The zero-order valence-corrected chi connectivity index (χ0v) is 15.6. The van der Waals surface area contributed by atoms with E-state index < -0.39 is 6.10 Å². The summed E-state index contributed by atoms with van der Waals surface area (Å²) in [7, 11) is 0. The lowest BCUT2D eigenvalue weighted by atomic mass is 10.1. The Hall–Kier alpha value is -2.49. The van der Waals surface area contributed by atoms with Crippen LogP contribution >= 0.6 is 0 Å². The topological polar surface area (TPSA) is 47.6 Å². The van der Waals surface area contributed by atoms with E-state index >= 15 is 0 Å². The van der Waals surface area contributed by atoms with Gasteiger partial charge in [0, 0.05) is 0 Å². The molecule has 0 fully saturated rings. The summed E-state index contributed by atoms with van der Waals surface area (Å²) in [4.78, 5) is 12.3. The number of nitrogens with one attached hydrogen (secondary N) is 1. The maximum atomic E-state index is 12.3. The number of carbonyl (C=O) groups is 1. The quantitative estimate of drug-likeness (QED) is 0.829. The standard InChI is InChI=1S/C21H27NO3/c1-14-6-9-19(10-7-14)24-13-17(4)22-21(23)18(5)25-20-11-8-15(2)16(3)12-20/h6-12,17-18H,13H2,1-5H3,(H,22,23)/t17-,18-/m1/s1. The zero-order valence-electron chi connectivity index (χ0n) is 15.6. The zero-order chi connectivity index (χ0) is 18.4. The first kappa shape index (κ1) is 18.8. The number of hydrogen-bond donors (Lipinski definition) is 1. The van der Waals surface area contributed by atoms with E-state index in [1.54, 1.807) is 6.92 Å². The molecular formula is C21H27NO3. The summed E-state index contributed by atoms with van der Waals surface area (Å²) in [6, 6.07) is 13.6. The van der Waals surface area contributed by atoms with E-state index in [2.05, 4.69) is 5.32 Å². The molecule has 4 heteroatoms. The van der Waals surface area contributed by atoms with Gasteiger partial charge < -0.3 is 14.8 Å². The van der Waals surface area contributed by atoms with E-state index in [1.165, 1.54) is 11.1 Å². The van der Waals surface area contributed by atoms with E-state index in [1.807, 2.05) is 70.2 Å². The first-order chi connectivity index (χ1) is 11.8. The van der Waals surface area contributed by atoms with Crippen molar-refractivity contribution in [3.8, 4) is 11.5 Å². The molecular weight excluding hydrogens is 314 g/mol. The predicted octanol–water partition coefficient (Wildman–Crippen LogP) is 3.96. The molecule has 0 bridgehead atoms. The Morgan fingerprint density at radius 3 is 2.24 bits per heavy atom. The number of hydrogen-bond acceptors (Lipinski definition) is 3. The van der Waals surface area contributed by atoms with Crippen molar-refractivity contribution in [1.82, 2.24) is 5.32 Å². The first-order valence-corrected chi connectivity index (χ1v) is 8.59. The van der Waals surface area contributed by atoms with Crippen molar-refractivity contribution >= 4 is 5.91 Å². The summed E-state index contributed by atoms with van der Waals surface area (Å²) in [5.41, 5.74) is 3.53. The second-order valence-corrected chi connectivity index (χ2v) is 6.54. The number of carbonyl (C=O) groups excluding carboxylic acids is 1. The summed E-state index contributed by atoms with van der Waals surface area (Å²) in [5, 5.41) is 2.92. The van der Waals surface area contributed by atoms with Crippen LogP contribution in [0, 0.1) is 20.8 Å². The highest BCUT2D eigenvalue weighted by Crippen LogP contribution is 2.18. The molecule has 2 aromatic carbocycles. The van der Waals surface area contributed by atoms with Crippen LogP contribution in [0.2, 0.25) is 0 Å². The molecule has 2 aromatic rings. The van der Waals surface area contributed by atoms with Gasteiger partial charge in [-0.25, -0.2) is 0 Å². The van der Waals surface area contributed by atoms with Gasteiger partial charge in [0.2, 0.25) is 0 Å². The molecule has 1 amide bonds. The van der Waals surface area contributed by atoms with E-state index in [-0.39, 0.29) is 11.9 Å². The number of benzene rings is 2. The molecule has 0 aliphatic carbocycles. The van der Waals surface area contributed by atoms with Crippen molar-refractivity contribution in [2.24, 2.45) is 0 Å². The van der Waals surface area contributed by atoms with Crippen LogP contribution in [-0.4, -0.2) is 24.7 Å². The predicted molar refractivity (Wildman–Crippen MR) is 100 cm³/mol. The van der Waals surface area contributed by atoms with Crippen LogP contribution in [0.15, 0.2) is 42.5 Å². The fraction of sp³-hybridized carbons (Fsp3) is 0.381. The Balaban J connectivity index is 1.81. The van der Waals surface area contributed by atoms with Crippen molar-refractivity contribution in [2.75, 3.05) is 6.61 Å². The largest absolute Gasteiger partial charge is 0.491 e. The molecule has 0 aliphatic rings. The maximum Gasteiger partial charge on any atom is 0.261 e. The third kappa shape index (κ3) is 5.82. The number of amides is 1. The van der Waals surface area contributed by atoms with Crippen LogP contribution in [0.25, 0.3) is 0 Å². The van der Waals surface area contributed by atoms with Crippen LogP contribution in [-0.2, 0) is 4.79 Å². The van der Waals surface area contributed by atoms with E-state index in [4.69, 9.17) is 9.47 Å². The SMILES string of the molecule is Cc1ccc(OC[C@@H](C)NC(=O)[C@@H](C)Oc2ccc(C)c(C)c2)cc1. The molecule has 0 aliphatic heterocycles. The monoisotopic (exact) mass is 341 g/mol. The third-order valence-electron chi connectivity index (χ3n) is 4.07. The van der Waals surface area contributed by atoms with Gasteiger partial charge in [-0.2, -0.15) is 0 Å². The van der Waals surface area contributed by atoms with Crippen LogP contribution < -0.4 is 14.8 Å². The van der Waals surface area contributed by atoms with E-state index in [0.29, 0.717) is 12.4 Å². The van der Waals surface area contributed by atoms with Gasteiger partial charge in [-0.1, -0.05) is 23.8 Å². The molecule has 0 saturated heterocycles. The second-order valence-electron chi connectivity index (χ2n) is 6.54. The van der Waals surface area contributed by atoms with Gasteiger partial charge in [0.05, 0.1) is 6.04 Å². The Morgan fingerprint density at radius 2 is 1.60 bits per heavy atom. The lowest BCUT2D eigenvalue weighted by Crippen LogP contribution is -2.43. The molecule has 0 aromatic heterocycles. The van der Waals surface area contributed by atoms with Gasteiger partial charge in [0.25, 0.3) is 5.91 Å². The van der Waals surface area contributed by atoms with Gasteiger partial charge in [-0.15, -0.1) is 0 Å². The average molecular weight is 341 g/mol. The minimum Gasteiger partial charge on any atom is -0.491 e.